The highest BCUT2D eigenvalue weighted by molar-refractivity contribution is 5.96. The Morgan fingerprint density at radius 3 is 1.82 bits per heavy atom. The van der Waals surface area contributed by atoms with E-state index < -0.39 is 79.5 Å². The van der Waals surface area contributed by atoms with Crippen LogP contribution in [0.5, 0.6) is 0 Å². The van der Waals surface area contributed by atoms with Crippen molar-refractivity contribution in [2.75, 3.05) is 13.2 Å². The van der Waals surface area contributed by atoms with Crippen molar-refractivity contribution in [1.29, 1.82) is 0 Å². The largest absolute Gasteiger partial charge is 0.480 e. The summed E-state index contributed by atoms with van der Waals surface area (Å²) >= 11 is 0. The Labute approximate surface area is 159 Å². The maximum Gasteiger partial charge on any atom is 0.328 e. The zero-order chi connectivity index (χ0) is 22.0. The number of aliphatic hydroxyl groups is 3. The van der Waals surface area contributed by atoms with E-state index in [-0.39, 0.29) is 0 Å². The molecule has 0 aliphatic carbocycles. The Kier molecular flexibility index (Phi) is 10.6. The average Bonchev–Trinajstić information content (AvgIpc) is 2.61. The van der Waals surface area contributed by atoms with E-state index in [0.29, 0.717) is 0 Å². The van der Waals surface area contributed by atoms with Crippen LogP contribution in [0.4, 0.5) is 0 Å². The van der Waals surface area contributed by atoms with Crippen molar-refractivity contribution in [3.05, 3.63) is 0 Å². The highest BCUT2D eigenvalue weighted by Crippen LogP contribution is 2.00. The first kappa shape index (κ1) is 25.2. The lowest BCUT2D eigenvalue weighted by Gasteiger charge is -2.25. The average molecular weight is 407 g/mol. The van der Waals surface area contributed by atoms with Crippen LogP contribution in [0, 0.1) is 0 Å². The quantitative estimate of drug-likeness (QED) is 0.148. The number of primary amides is 1. The van der Waals surface area contributed by atoms with E-state index in [1.807, 2.05) is 5.32 Å². The molecule has 160 valence electrons. The van der Waals surface area contributed by atoms with Crippen LogP contribution in [0.2, 0.25) is 0 Å². The summed E-state index contributed by atoms with van der Waals surface area (Å²) < 4.78 is 0. The number of carbonyl (C=O) groups is 5. The third kappa shape index (κ3) is 8.26. The summed E-state index contributed by atoms with van der Waals surface area (Å²) in [5, 5.41) is 42.3. The molecule has 0 radical (unpaired) electrons. The van der Waals surface area contributed by atoms with Gasteiger partial charge in [0.05, 0.1) is 25.7 Å². The van der Waals surface area contributed by atoms with Gasteiger partial charge in [-0.3, -0.25) is 19.2 Å². The van der Waals surface area contributed by atoms with Crippen LogP contribution in [0.25, 0.3) is 0 Å². The molecule has 0 rings (SSSR count). The predicted octanol–water partition coefficient (Wildman–Crippen LogP) is -5.91. The molecule has 0 bridgehead atoms. The van der Waals surface area contributed by atoms with Gasteiger partial charge in [0.2, 0.25) is 23.6 Å². The smallest absolute Gasteiger partial charge is 0.328 e. The van der Waals surface area contributed by atoms with Crippen LogP contribution in [0.1, 0.15) is 13.3 Å². The summed E-state index contributed by atoms with van der Waals surface area (Å²) in [6, 6.07) is -6.33. The van der Waals surface area contributed by atoms with E-state index in [0.717, 1.165) is 6.92 Å². The third-order valence-corrected chi connectivity index (χ3v) is 3.43. The Balaban J connectivity index is 5.34. The van der Waals surface area contributed by atoms with Gasteiger partial charge >= 0.3 is 5.97 Å². The molecule has 5 atom stereocenters. The number of aliphatic hydroxyl groups excluding tert-OH is 3. The summed E-state index contributed by atoms with van der Waals surface area (Å²) in [7, 11) is 0. The molecule has 0 aromatic heterocycles. The van der Waals surface area contributed by atoms with Gasteiger partial charge in [-0.25, -0.2) is 4.79 Å². The molecule has 0 saturated heterocycles. The number of amides is 4. The summed E-state index contributed by atoms with van der Waals surface area (Å²) in [4.78, 5) is 58.2. The van der Waals surface area contributed by atoms with Crippen molar-refractivity contribution < 1.29 is 44.4 Å². The number of aliphatic carboxylic acids is 1. The molecule has 0 aromatic carbocycles. The van der Waals surface area contributed by atoms with Gasteiger partial charge in [0.1, 0.15) is 24.2 Å². The minimum Gasteiger partial charge on any atom is -0.480 e. The normalized spacial score (nSPS) is 16.0. The second-order valence-corrected chi connectivity index (χ2v) is 5.83. The molecule has 0 fully saturated rings. The van der Waals surface area contributed by atoms with Crippen molar-refractivity contribution in [3.8, 4) is 0 Å². The van der Waals surface area contributed by atoms with E-state index in [1.54, 1.807) is 0 Å². The zero-order valence-electron chi connectivity index (χ0n) is 15.0. The molecule has 0 aliphatic heterocycles. The zero-order valence-corrected chi connectivity index (χ0v) is 15.0. The van der Waals surface area contributed by atoms with Gasteiger partial charge in [-0.15, -0.1) is 0 Å². The summed E-state index contributed by atoms with van der Waals surface area (Å²) in [5.41, 5.74) is 10.3. The molecular formula is C14H25N5O9. The molecule has 28 heavy (non-hydrogen) atoms. The van der Waals surface area contributed by atoms with Crippen LogP contribution >= 0.6 is 0 Å². The number of hydrogen-bond acceptors (Lipinski definition) is 9. The van der Waals surface area contributed by atoms with Gasteiger partial charge in [-0.05, 0) is 6.92 Å². The van der Waals surface area contributed by atoms with Crippen LogP contribution in [-0.4, -0.2) is 93.5 Å². The van der Waals surface area contributed by atoms with E-state index in [4.69, 9.17) is 26.8 Å². The monoisotopic (exact) mass is 407 g/mol. The highest BCUT2D eigenvalue weighted by atomic mass is 16.4. The number of carboxylic acids is 1. The first-order valence-electron chi connectivity index (χ1n) is 8.02. The Bertz CT molecular complexity index is 598. The molecule has 5 unspecified atom stereocenters. The number of carbonyl (C=O) groups excluding carboxylic acids is 4. The van der Waals surface area contributed by atoms with Crippen molar-refractivity contribution in [2.24, 2.45) is 11.5 Å². The van der Waals surface area contributed by atoms with Gasteiger partial charge < -0.3 is 47.8 Å². The van der Waals surface area contributed by atoms with Crippen LogP contribution in [-0.2, 0) is 24.0 Å². The molecule has 4 amide bonds. The lowest BCUT2D eigenvalue weighted by Crippen LogP contribution is -2.60. The van der Waals surface area contributed by atoms with Gasteiger partial charge in [0, 0.05) is 0 Å². The Morgan fingerprint density at radius 2 is 1.43 bits per heavy atom. The fourth-order valence-corrected chi connectivity index (χ4v) is 1.88. The van der Waals surface area contributed by atoms with Crippen LogP contribution < -0.4 is 27.4 Å². The second kappa shape index (κ2) is 11.8. The van der Waals surface area contributed by atoms with Crippen LogP contribution in [0.3, 0.4) is 0 Å². The predicted molar refractivity (Wildman–Crippen MR) is 91.1 cm³/mol. The highest BCUT2D eigenvalue weighted by Gasteiger charge is 2.32. The molecule has 11 N–H and O–H groups in total. The van der Waals surface area contributed by atoms with Gasteiger partial charge in [-0.2, -0.15) is 0 Å². The molecule has 0 saturated carbocycles. The fraction of sp³-hybridized carbons (Fsp3) is 0.643. The fourth-order valence-electron chi connectivity index (χ4n) is 1.88. The van der Waals surface area contributed by atoms with E-state index in [1.165, 1.54) is 0 Å². The van der Waals surface area contributed by atoms with Crippen molar-refractivity contribution in [2.45, 2.75) is 43.6 Å². The van der Waals surface area contributed by atoms with Gasteiger partial charge in [0.25, 0.3) is 0 Å². The lowest BCUT2D eigenvalue weighted by molar-refractivity contribution is -0.143. The van der Waals surface area contributed by atoms with E-state index in [9.17, 15) is 29.1 Å². The van der Waals surface area contributed by atoms with Gasteiger partial charge in [-0.1, -0.05) is 0 Å². The maximum absolute atomic E-state index is 12.3. The van der Waals surface area contributed by atoms with E-state index >= 15 is 0 Å². The molecule has 0 heterocycles. The Morgan fingerprint density at radius 1 is 0.893 bits per heavy atom. The molecule has 14 nitrogen and oxygen atoms in total. The van der Waals surface area contributed by atoms with E-state index in [2.05, 4.69) is 10.6 Å². The first-order valence-corrected chi connectivity index (χ1v) is 8.02. The van der Waals surface area contributed by atoms with Crippen molar-refractivity contribution in [1.82, 2.24) is 16.0 Å². The third-order valence-electron chi connectivity index (χ3n) is 3.43. The molecule has 0 aliphatic rings. The number of rotatable bonds is 12. The minimum atomic E-state index is -1.70. The summed E-state index contributed by atoms with van der Waals surface area (Å²) in [6.07, 6.45) is -2.19. The number of nitrogens with one attached hydrogen (secondary N) is 3. The van der Waals surface area contributed by atoms with Crippen molar-refractivity contribution in [3.63, 3.8) is 0 Å². The second-order valence-electron chi connectivity index (χ2n) is 5.83. The number of hydrogen-bond donors (Lipinski definition) is 9. The first-order chi connectivity index (χ1) is 12.9. The lowest BCUT2D eigenvalue weighted by atomic mass is 10.1. The minimum absolute atomic E-state index is 0.730. The van der Waals surface area contributed by atoms with Crippen molar-refractivity contribution >= 4 is 29.6 Å². The number of carboxylic acid groups (broad SMARTS) is 1. The maximum atomic E-state index is 12.3. The molecule has 0 spiro atoms. The van der Waals surface area contributed by atoms with Crippen LogP contribution in [0.15, 0.2) is 0 Å². The number of nitrogens with two attached hydrogens (primary N) is 2. The summed E-state index contributed by atoms with van der Waals surface area (Å²) in [6.45, 7) is -0.543. The Hall–Kier alpha value is -2.81. The molecule has 14 heteroatoms. The molecular weight excluding hydrogens is 382 g/mol. The summed E-state index contributed by atoms with van der Waals surface area (Å²) in [5.74, 6) is -5.80. The SMILES string of the molecule is CC(O)C(NC(=O)C(N)CO)C(=O)NC(CC(N)=O)C(=O)NC(CO)C(=O)O. The topological polar surface area (TPSA) is 254 Å². The standard InChI is InChI=1S/C14H25N5O9/c1-5(22)10(19-11(24)6(15)3-20)13(26)17-7(2-9(16)23)12(25)18-8(4-21)14(27)28/h5-8,10,20-22H,2-4,15H2,1H3,(H2,16,23)(H,17,26)(H,18,25)(H,19,24)(H,27,28). The molecule has 0 aromatic rings. The van der Waals surface area contributed by atoms with Gasteiger partial charge in [0.15, 0.2) is 0 Å².